The topological polar surface area (TPSA) is 78.7 Å². The summed E-state index contributed by atoms with van der Waals surface area (Å²) in [6, 6.07) is 0.133. The highest BCUT2D eigenvalue weighted by Crippen LogP contribution is 2.17. The van der Waals surface area contributed by atoms with Crippen molar-refractivity contribution in [2.24, 2.45) is 5.73 Å². The quantitative estimate of drug-likeness (QED) is 0.764. The highest BCUT2D eigenvalue weighted by atomic mass is 16.2. The van der Waals surface area contributed by atoms with E-state index in [1.807, 2.05) is 4.90 Å². The number of hydrogen-bond donors (Lipinski definition) is 2. The fourth-order valence-electron chi connectivity index (χ4n) is 2.91. The first-order chi connectivity index (χ1) is 9.18. The van der Waals surface area contributed by atoms with E-state index in [4.69, 9.17) is 5.73 Å². The standard InChI is InChI=1S/C13H24N4O2/c14-12(18)10-17(11-4-6-15-7-5-11)13(19)16-8-2-1-3-9-16/h11,15H,1-10H2,(H2,14,18). The summed E-state index contributed by atoms with van der Waals surface area (Å²) < 4.78 is 0. The van der Waals surface area contributed by atoms with Gasteiger partial charge in [-0.25, -0.2) is 4.79 Å². The van der Waals surface area contributed by atoms with Crippen molar-refractivity contribution in [2.45, 2.75) is 38.1 Å². The van der Waals surface area contributed by atoms with Crippen molar-refractivity contribution in [3.63, 3.8) is 0 Å². The molecule has 2 rings (SSSR count). The summed E-state index contributed by atoms with van der Waals surface area (Å²) in [5, 5.41) is 3.27. The Morgan fingerprint density at radius 3 is 2.37 bits per heavy atom. The second-order valence-corrected chi connectivity index (χ2v) is 5.41. The van der Waals surface area contributed by atoms with E-state index in [1.54, 1.807) is 4.90 Å². The number of primary amides is 1. The summed E-state index contributed by atoms with van der Waals surface area (Å²) in [7, 11) is 0. The molecule has 19 heavy (non-hydrogen) atoms. The van der Waals surface area contributed by atoms with Gasteiger partial charge in [-0.2, -0.15) is 0 Å². The number of hydrogen-bond acceptors (Lipinski definition) is 3. The van der Waals surface area contributed by atoms with E-state index in [2.05, 4.69) is 5.32 Å². The van der Waals surface area contributed by atoms with E-state index in [0.717, 1.165) is 51.9 Å². The van der Waals surface area contributed by atoms with Crippen molar-refractivity contribution in [1.82, 2.24) is 15.1 Å². The molecule has 0 aliphatic carbocycles. The first-order valence-electron chi connectivity index (χ1n) is 7.23. The summed E-state index contributed by atoms with van der Waals surface area (Å²) in [6.45, 7) is 3.44. The third kappa shape index (κ3) is 3.83. The second-order valence-electron chi connectivity index (χ2n) is 5.41. The van der Waals surface area contributed by atoms with Gasteiger partial charge in [-0.15, -0.1) is 0 Å². The molecule has 3 N–H and O–H groups in total. The van der Waals surface area contributed by atoms with Gasteiger partial charge in [0.25, 0.3) is 0 Å². The van der Waals surface area contributed by atoms with Crippen molar-refractivity contribution in [3.05, 3.63) is 0 Å². The molecule has 2 saturated heterocycles. The number of amides is 3. The lowest BCUT2D eigenvalue weighted by molar-refractivity contribution is -0.119. The maximum atomic E-state index is 12.6. The van der Waals surface area contributed by atoms with Crippen molar-refractivity contribution in [2.75, 3.05) is 32.7 Å². The lowest BCUT2D eigenvalue weighted by Gasteiger charge is -2.38. The Morgan fingerprint density at radius 1 is 1.16 bits per heavy atom. The van der Waals surface area contributed by atoms with Gasteiger partial charge in [0, 0.05) is 19.1 Å². The Morgan fingerprint density at radius 2 is 1.79 bits per heavy atom. The van der Waals surface area contributed by atoms with Crippen LogP contribution in [0.2, 0.25) is 0 Å². The van der Waals surface area contributed by atoms with Gasteiger partial charge in [0.05, 0.1) is 0 Å². The number of carbonyl (C=O) groups excluding carboxylic acids is 2. The molecule has 0 unspecified atom stereocenters. The highest BCUT2D eigenvalue weighted by molar-refractivity contribution is 5.83. The van der Waals surface area contributed by atoms with Crippen LogP contribution >= 0.6 is 0 Å². The molecule has 0 radical (unpaired) electrons. The number of carbonyl (C=O) groups is 2. The lowest BCUT2D eigenvalue weighted by atomic mass is 10.0. The number of nitrogens with zero attached hydrogens (tertiary/aromatic N) is 2. The molecule has 0 saturated carbocycles. The van der Waals surface area contributed by atoms with Crippen molar-refractivity contribution >= 4 is 11.9 Å². The Hall–Kier alpha value is -1.30. The third-order valence-electron chi connectivity index (χ3n) is 3.95. The van der Waals surface area contributed by atoms with E-state index < -0.39 is 5.91 Å². The molecule has 0 spiro atoms. The van der Waals surface area contributed by atoms with E-state index >= 15 is 0 Å². The Kier molecular flexibility index (Phi) is 5.01. The average Bonchev–Trinajstić information content (AvgIpc) is 2.46. The molecule has 0 atom stereocenters. The first-order valence-corrected chi connectivity index (χ1v) is 7.23. The fraction of sp³-hybridized carbons (Fsp3) is 0.846. The summed E-state index contributed by atoms with van der Waals surface area (Å²) in [5.41, 5.74) is 5.30. The fourth-order valence-corrected chi connectivity index (χ4v) is 2.91. The second kappa shape index (κ2) is 6.75. The van der Waals surface area contributed by atoms with Gasteiger partial charge in [0.1, 0.15) is 6.54 Å². The van der Waals surface area contributed by atoms with Crippen LogP contribution in [0, 0.1) is 0 Å². The van der Waals surface area contributed by atoms with Gasteiger partial charge >= 0.3 is 6.03 Å². The zero-order valence-electron chi connectivity index (χ0n) is 11.4. The average molecular weight is 268 g/mol. The highest BCUT2D eigenvalue weighted by Gasteiger charge is 2.30. The van der Waals surface area contributed by atoms with E-state index in [9.17, 15) is 9.59 Å². The number of likely N-dealkylation sites (tertiary alicyclic amines) is 1. The van der Waals surface area contributed by atoms with Crippen LogP contribution in [-0.2, 0) is 4.79 Å². The molecule has 0 aromatic heterocycles. The van der Waals surface area contributed by atoms with Gasteiger partial charge in [-0.1, -0.05) is 0 Å². The minimum absolute atomic E-state index is 0.00889. The SMILES string of the molecule is NC(=O)CN(C(=O)N1CCCCC1)C1CCNCC1. The lowest BCUT2D eigenvalue weighted by Crippen LogP contribution is -2.54. The monoisotopic (exact) mass is 268 g/mol. The van der Waals surface area contributed by atoms with E-state index in [0.29, 0.717) is 0 Å². The molecule has 2 fully saturated rings. The predicted molar refractivity (Wildman–Crippen MR) is 72.6 cm³/mol. The first kappa shape index (κ1) is 14.1. The Balaban J connectivity index is 2.02. The molecule has 0 bridgehead atoms. The summed E-state index contributed by atoms with van der Waals surface area (Å²) in [4.78, 5) is 27.3. The van der Waals surface area contributed by atoms with Crippen molar-refractivity contribution in [1.29, 1.82) is 0 Å². The van der Waals surface area contributed by atoms with E-state index in [1.165, 1.54) is 6.42 Å². The van der Waals surface area contributed by atoms with Crippen LogP contribution in [0.25, 0.3) is 0 Å². The maximum absolute atomic E-state index is 12.6. The zero-order valence-corrected chi connectivity index (χ0v) is 11.4. The van der Waals surface area contributed by atoms with Crippen LogP contribution in [-0.4, -0.2) is 60.5 Å². The summed E-state index contributed by atoms with van der Waals surface area (Å²) in [6.07, 6.45) is 5.09. The minimum atomic E-state index is -0.427. The van der Waals surface area contributed by atoms with Crippen LogP contribution in [0.4, 0.5) is 4.79 Å². The Labute approximate surface area is 114 Å². The number of piperidine rings is 2. The molecule has 6 nitrogen and oxygen atoms in total. The molecule has 2 aliphatic rings. The molecule has 2 aliphatic heterocycles. The van der Waals surface area contributed by atoms with Gasteiger partial charge in [-0.3, -0.25) is 4.79 Å². The Bertz CT molecular complexity index is 323. The van der Waals surface area contributed by atoms with Crippen LogP contribution in [0.1, 0.15) is 32.1 Å². The third-order valence-corrected chi connectivity index (χ3v) is 3.95. The molecule has 0 aromatic rings. The normalized spacial score (nSPS) is 21.2. The van der Waals surface area contributed by atoms with Crippen LogP contribution in [0.15, 0.2) is 0 Å². The van der Waals surface area contributed by atoms with Crippen molar-refractivity contribution in [3.8, 4) is 0 Å². The molecule has 0 aromatic carbocycles. The van der Waals surface area contributed by atoms with Crippen LogP contribution < -0.4 is 11.1 Å². The molecule has 6 heteroatoms. The largest absolute Gasteiger partial charge is 0.368 e. The molecular formula is C13H24N4O2. The number of rotatable bonds is 3. The van der Waals surface area contributed by atoms with Gasteiger partial charge in [0.2, 0.25) is 5.91 Å². The molecule has 2 heterocycles. The maximum Gasteiger partial charge on any atom is 0.320 e. The molecule has 3 amide bonds. The minimum Gasteiger partial charge on any atom is -0.368 e. The van der Waals surface area contributed by atoms with Gasteiger partial charge in [-0.05, 0) is 45.2 Å². The molecule has 108 valence electrons. The summed E-state index contributed by atoms with van der Waals surface area (Å²) >= 11 is 0. The number of urea groups is 1. The number of nitrogens with one attached hydrogen (secondary N) is 1. The smallest absolute Gasteiger partial charge is 0.320 e. The molecular weight excluding hydrogens is 244 g/mol. The van der Waals surface area contributed by atoms with Crippen LogP contribution in [0.3, 0.4) is 0 Å². The summed E-state index contributed by atoms with van der Waals surface area (Å²) in [5.74, 6) is -0.427. The van der Waals surface area contributed by atoms with E-state index in [-0.39, 0.29) is 18.6 Å². The zero-order chi connectivity index (χ0) is 13.7. The van der Waals surface area contributed by atoms with Crippen LogP contribution in [0.5, 0.6) is 0 Å². The van der Waals surface area contributed by atoms with Gasteiger partial charge < -0.3 is 20.9 Å². The number of nitrogens with two attached hydrogens (primary N) is 1. The van der Waals surface area contributed by atoms with Gasteiger partial charge in [0.15, 0.2) is 0 Å². The van der Waals surface area contributed by atoms with Crippen molar-refractivity contribution < 1.29 is 9.59 Å². The predicted octanol–water partition coefficient (Wildman–Crippen LogP) is 0.132.